The summed E-state index contributed by atoms with van der Waals surface area (Å²) >= 11 is 7.72. The van der Waals surface area contributed by atoms with Gasteiger partial charge in [0.25, 0.3) is 5.91 Å². The molecule has 1 heterocycles. The van der Waals surface area contributed by atoms with Crippen LogP contribution in [0.2, 0.25) is 5.02 Å². The number of methoxy groups -OCH3 is 1. The molecule has 0 bridgehead atoms. The summed E-state index contributed by atoms with van der Waals surface area (Å²) in [5.74, 6) is 0.593. The van der Waals surface area contributed by atoms with Crippen LogP contribution in [-0.2, 0) is 0 Å². The molecule has 0 atom stereocenters. The third-order valence-electron chi connectivity index (χ3n) is 3.93. The number of benzene rings is 2. The number of hydrogen-bond donors (Lipinski definition) is 0. The van der Waals surface area contributed by atoms with E-state index < -0.39 is 0 Å². The van der Waals surface area contributed by atoms with Gasteiger partial charge in [-0.05, 0) is 38.4 Å². The second-order valence-corrected chi connectivity index (χ2v) is 7.49. The number of carbonyl (C=O) groups excluding carboxylic acids is 1. The SMILES string of the molecule is COc1ccc2sc(N(CCN(C)C)C(=O)c3ccccc3Cl)nc2c1.Cl. The Morgan fingerprint density at radius 1 is 1.19 bits per heavy atom. The van der Waals surface area contributed by atoms with Crippen molar-refractivity contribution in [1.82, 2.24) is 9.88 Å². The molecule has 1 amide bonds. The third-order valence-corrected chi connectivity index (χ3v) is 5.32. The zero-order valence-electron chi connectivity index (χ0n) is 15.3. The van der Waals surface area contributed by atoms with Crippen LogP contribution in [0.4, 0.5) is 5.13 Å². The van der Waals surface area contributed by atoms with Gasteiger partial charge in [-0.2, -0.15) is 0 Å². The molecule has 27 heavy (non-hydrogen) atoms. The lowest BCUT2D eigenvalue weighted by atomic mass is 10.2. The van der Waals surface area contributed by atoms with E-state index in [-0.39, 0.29) is 18.3 Å². The Morgan fingerprint density at radius 2 is 1.93 bits per heavy atom. The Bertz CT molecular complexity index is 930. The molecule has 8 heteroatoms. The van der Waals surface area contributed by atoms with Gasteiger partial charge < -0.3 is 9.64 Å². The van der Waals surface area contributed by atoms with Gasteiger partial charge in [-0.3, -0.25) is 9.69 Å². The fraction of sp³-hybridized carbons (Fsp3) is 0.263. The summed E-state index contributed by atoms with van der Waals surface area (Å²) in [5, 5.41) is 1.09. The summed E-state index contributed by atoms with van der Waals surface area (Å²) in [6.45, 7) is 1.24. The molecule has 0 aliphatic rings. The second kappa shape index (κ2) is 9.37. The highest BCUT2D eigenvalue weighted by atomic mass is 35.5. The van der Waals surface area contributed by atoms with Crippen LogP contribution >= 0.6 is 35.3 Å². The smallest absolute Gasteiger partial charge is 0.261 e. The lowest BCUT2D eigenvalue weighted by Crippen LogP contribution is -2.36. The Labute approximate surface area is 173 Å². The maximum absolute atomic E-state index is 13.1. The zero-order valence-corrected chi connectivity index (χ0v) is 17.7. The number of fused-ring (bicyclic) bond motifs is 1. The highest BCUT2D eigenvalue weighted by Gasteiger charge is 2.23. The van der Waals surface area contributed by atoms with E-state index in [1.165, 1.54) is 11.3 Å². The first-order valence-electron chi connectivity index (χ1n) is 8.15. The van der Waals surface area contributed by atoms with Crippen LogP contribution < -0.4 is 9.64 Å². The minimum Gasteiger partial charge on any atom is -0.497 e. The Hall–Kier alpha value is -1.86. The van der Waals surface area contributed by atoms with E-state index in [0.29, 0.717) is 22.3 Å². The molecule has 0 unspecified atom stereocenters. The molecule has 0 saturated carbocycles. The van der Waals surface area contributed by atoms with E-state index in [4.69, 9.17) is 16.3 Å². The van der Waals surface area contributed by atoms with E-state index in [0.717, 1.165) is 22.5 Å². The average Bonchev–Trinajstić information content (AvgIpc) is 3.04. The fourth-order valence-corrected chi connectivity index (χ4v) is 3.69. The predicted molar refractivity (Wildman–Crippen MR) is 115 cm³/mol. The third kappa shape index (κ3) is 4.90. The van der Waals surface area contributed by atoms with Crippen LogP contribution in [0.25, 0.3) is 10.2 Å². The first-order chi connectivity index (χ1) is 12.5. The minimum atomic E-state index is -0.150. The summed E-state index contributed by atoms with van der Waals surface area (Å²) in [4.78, 5) is 21.5. The van der Waals surface area contributed by atoms with Gasteiger partial charge in [-0.15, -0.1) is 12.4 Å². The summed E-state index contributed by atoms with van der Waals surface area (Å²) in [6, 6.07) is 12.8. The maximum Gasteiger partial charge on any atom is 0.261 e. The number of thiazole rings is 1. The molecule has 5 nitrogen and oxygen atoms in total. The lowest BCUT2D eigenvalue weighted by Gasteiger charge is -2.22. The van der Waals surface area contributed by atoms with E-state index in [9.17, 15) is 4.79 Å². The van der Waals surface area contributed by atoms with Gasteiger partial charge in [0.15, 0.2) is 5.13 Å². The van der Waals surface area contributed by atoms with Gasteiger partial charge in [0.2, 0.25) is 0 Å². The van der Waals surface area contributed by atoms with E-state index >= 15 is 0 Å². The minimum absolute atomic E-state index is 0. The summed E-state index contributed by atoms with van der Waals surface area (Å²) in [5.41, 5.74) is 1.29. The number of nitrogens with zero attached hydrogens (tertiary/aromatic N) is 3. The number of amides is 1. The van der Waals surface area contributed by atoms with E-state index in [1.807, 2.05) is 49.3 Å². The molecule has 1 aromatic heterocycles. The molecule has 0 aliphatic carbocycles. The van der Waals surface area contributed by atoms with Gasteiger partial charge in [0.05, 0.1) is 27.9 Å². The highest BCUT2D eigenvalue weighted by Crippen LogP contribution is 2.32. The molecular formula is C19H21Cl2N3O2S. The molecule has 0 N–H and O–H groups in total. The number of ether oxygens (including phenoxy) is 1. The molecule has 0 saturated heterocycles. The fourth-order valence-electron chi connectivity index (χ4n) is 2.50. The van der Waals surface area contributed by atoms with E-state index in [2.05, 4.69) is 4.98 Å². The Morgan fingerprint density at radius 3 is 2.59 bits per heavy atom. The number of likely N-dealkylation sites (N-methyl/N-ethyl adjacent to an activating group) is 1. The van der Waals surface area contributed by atoms with Crippen molar-refractivity contribution in [3.05, 3.63) is 53.1 Å². The molecule has 0 aliphatic heterocycles. The van der Waals surface area contributed by atoms with Gasteiger partial charge >= 0.3 is 0 Å². The maximum atomic E-state index is 13.1. The monoisotopic (exact) mass is 425 g/mol. The first kappa shape index (κ1) is 21.4. The van der Waals surface area contributed by atoms with Crippen LogP contribution in [0, 0.1) is 0 Å². The number of carbonyl (C=O) groups is 1. The van der Waals surface area contributed by atoms with E-state index in [1.54, 1.807) is 24.1 Å². The Balaban J connectivity index is 0.00000261. The number of anilines is 1. The standard InChI is InChI=1S/C19H20ClN3O2S.ClH/c1-22(2)10-11-23(18(24)14-6-4-5-7-15(14)20)19-21-16-12-13(25-3)8-9-17(16)26-19;/h4-9,12H,10-11H2,1-3H3;1H. The van der Waals surface area contributed by atoms with Gasteiger partial charge in [0, 0.05) is 19.2 Å². The molecular weight excluding hydrogens is 405 g/mol. The van der Waals surface area contributed by atoms with Crippen molar-refractivity contribution in [2.45, 2.75) is 0 Å². The number of aromatic nitrogens is 1. The van der Waals surface area contributed by atoms with Crippen molar-refractivity contribution in [1.29, 1.82) is 0 Å². The number of rotatable bonds is 6. The summed E-state index contributed by atoms with van der Waals surface area (Å²) < 4.78 is 6.27. The van der Waals surface area contributed by atoms with Crippen molar-refractivity contribution in [3.63, 3.8) is 0 Å². The van der Waals surface area contributed by atoms with Gasteiger partial charge in [-0.1, -0.05) is 35.1 Å². The van der Waals surface area contributed by atoms with Crippen LogP contribution in [0.15, 0.2) is 42.5 Å². The van der Waals surface area contributed by atoms with Gasteiger partial charge in [0.1, 0.15) is 5.75 Å². The second-order valence-electron chi connectivity index (χ2n) is 6.07. The topological polar surface area (TPSA) is 45.7 Å². The molecule has 0 radical (unpaired) electrons. The van der Waals surface area contributed by atoms with Crippen LogP contribution in [0.1, 0.15) is 10.4 Å². The van der Waals surface area contributed by atoms with Crippen molar-refractivity contribution in [2.24, 2.45) is 0 Å². The van der Waals surface area contributed by atoms with Crippen LogP contribution in [-0.4, -0.2) is 50.1 Å². The van der Waals surface area contributed by atoms with Crippen LogP contribution in [0.5, 0.6) is 5.75 Å². The molecule has 3 aromatic rings. The molecule has 0 fully saturated rings. The number of hydrogen-bond acceptors (Lipinski definition) is 5. The van der Waals surface area contributed by atoms with Gasteiger partial charge in [-0.25, -0.2) is 4.98 Å². The molecule has 2 aromatic carbocycles. The molecule has 144 valence electrons. The molecule has 3 rings (SSSR count). The first-order valence-corrected chi connectivity index (χ1v) is 9.34. The van der Waals surface area contributed by atoms with Crippen molar-refractivity contribution < 1.29 is 9.53 Å². The van der Waals surface area contributed by atoms with Crippen molar-refractivity contribution in [3.8, 4) is 5.75 Å². The summed E-state index contributed by atoms with van der Waals surface area (Å²) in [6.07, 6.45) is 0. The lowest BCUT2D eigenvalue weighted by molar-refractivity contribution is 0.0985. The number of halogens is 2. The quantitative estimate of drug-likeness (QED) is 0.579. The van der Waals surface area contributed by atoms with Crippen LogP contribution in [0.3, 0.4) is 0 Å². The van der Waals surface area contributed by atoms with Crippen molar-refractivity contribution in [2.75, 3.05) is 39.2 Å². The molecule has 0 spiro atoms. The normalized spacial score (nSPS) is 10.7. The zero-order chi connectivity index (χ0) is 18.7. The highest BCUT2D eigenvalue weighted by molar-refractivity contribution is 7.22. The largest absolute Gasteiger partial charge is 0.497 e. The Kier molecular flexibility index (Phi) is 7.44. The predicted octanol–water partition coefficient (Wildman–Crippen LogP) is 4.59. The average molecular weight is 426 g/mol. The summed E-state index contributed by atoms with van der Waals surface area (Å²) in [7, 11) is 5.57. The van der Waals surface area contributed by atoms with Crippen molar-refractivity contribution >= 4 is 56.6 Å².